The fraction of sp³-hybridized carbons (Fsp3) is 0.450. The van der Waals surface area contributed by atoms with Gasteiger partial charge >= 0.3 is 0 Å². The van der Waals surface area contributed by atoms with Gasteiger partial charge in [-0.25, -0.2) is 0 Å². The van der Waals surface area contributed by atoms with Crippen LogP contribution < -0.4 is 10.6 Å². The molecule has 0 aliphatic rings. The Labute approximate surface area is 179 Å². The van der Waals surface area contributed by atoms with Crippen LogP contribution in [0.3, 0.4) is 0 Å². The number of aliphatic imine (C=N–C) groups is 1. The molecule has 0 saturated heterocycles. The third-order valence-electron chi connectivity index (χ3n) is 4.09. The maximum Gasteiger partial charge on any atom is 0.191 e. The van der Waals surface area contributed by atoms with Crippen LogP contribution in [0.4, 0.5) is 0 Å². The van der Waals surface area contributed by atoms with E-state index >= 15 is 0 Å². The van der Waals surface area contributed by atoms with E-state index in [1.165, 1.54) is 16.0 Å². The number of guanidine groups is 1. The third-order valence-corrected chi connectivity index (χ3v) is 5.33. The van der Waals surface area contributed by atoms with Crippen LogP contribution in [-0.2, 0) is 18.5 Å². The van der Waals surface area contributed by atoms with Gasteiger partial charge in [-0.15, -0.1) is 35.3 Å². The largest absolute Gasteiger partial charge is 0.356 e. The molecule has 0 fully saturated rings. The van der Waals surface area contributed by atoms with Crippen molar-refractivity contribution < 1.29 is 0 Å². The number of rotatable bonds is 7. The summed E-state index contributed by atoms with van der Waals surface area (Å²) in [6.45, 7) is 7.08. The molecule has 2 rings (SSSR count). The highest BCUT2D eigenvalue weighted by molar-refractivity contribution is 14.0. The topological polar surface area (TPSA) is 39.7 Å². The van der Waals surface area contributed by atoms with Gasteiger partial charge in [0.05, 0.1) is 0 Å². The standard InChI is InChI=1S/C20H30N4S.HI/c1-20(2,18-7-6-12-25-18)15-23-19(21-3)22-13-16-8-10-17(11-9-16)14-24(4)5;/h6-12H,13-15H2,1-5H3,(H2,21,22,23);1H. The van der Waals surface area contributed by atoms with E-state index < -0.39 is 0 Å². The number of hydrogen-bond donors (Lipinski definition) is 2. The molecule has 2 N–H and O–H groups in total. The fourth-order valence-electron chi connectivity index (χ4n) is 2.59. The second-order valence-corrected chi connectivity index (χ2v) is 8.14. The zero-order valence-electron chi connectivity index (χ0n) is 16.4. The first-order chi connectivity index (χ1) is 11.9. The molecule has 0 saturated carbocycles. The molecule has 1 aromatic heterocycles. The molecule has 0 spiro atoms. The monoisotopic (exact) mass is 486 g/mol. The number of hydrogen-bond acceptors (Lipinski definition) is 3. The molecule has 0 aliphatic carbocycles. The minimum Gasteiger partial charge on any atom is -0.356 e. The maximum atomic E-state index is 4.34. The molecule has 0 aliphatic heterocycles. The number of thiophene rings is 1. The van der Waals surface area contributed by atoms with Crippen molar-refractivity contribution in [1.82, 2.24) is 15.5 Å². The summed E-state index contributed by atoms with van der Waals surface area (Å²) in [5.74, 6) is 0.835. The maximum absolute atomic E-state index is 4.34. The second-order valence-electron chi connectivity index (χ2n) is 7.19. The van der Waals surface area contributed by atoms with Gasteiger partial charge in [-0.2, -0.15) is 0 Å². The molecule has 1 aromatic carbocycles. The Morgan fingerprint density at radius 3 is 2.27 bits per heavy atom. The lowest BCUT2D eigenvalue weighted by Crippen LogP contribution is -2.42. The Morgan fingerprint density at radius 1 is 1.08 bits per heavy atom. The first-order valence-electron chi connectivity index (χ1n) is 8.62. The minimum atomic E-state index is 0. The van der Waals surface area contributed by atoms with Crippen LogP contribution in [0.5, 0.6) is 0 Å². The molecule has 1 heterocycles. The van der Waals surface area contributed by atoms with Gasteiger partial charge < -0.3 is 15.5 Å². The Morgan fingerprint density at radius 2 is 1.73 bits per heavy atom. The van der Waals surface area contributed by atoms with Gasteiger partial charge in [0, 0.05) is 37.0 Å². The highest BCUT2D eigenvalue weighted by Gasteiger charge is 2.21. The normalized spacial score (nSPS) is 12.0. The van der Waals surface area contributed by atoms with E-state index in [9.17, 15) is 0 Å². The molecule has 2 aromatic rings. The van der Waals surface area contributed by atoms with Crippen LogP contribution >= 0.6 is 35.3 Å². The van der Waals surface area contributed by atoms with Gasteiger partial charge in [0.15, 0.2) is 5.96 Å². The first kappa shape index (κ1) is 22.9. The lowest BCUT2D eigenvalue weighted by molar-refractivity contribution is 0.402. The summed E-state index contributed by atoms with van der Waals surface area (Å²) in [7, 11) is 5.99. The molecule has 0 unspecified atom stereocenters. The lowest BCUT2D eigenvalue weighted by Gasteiger charge is -2.25. The molecule has 6 heteroatoms. The Kier molecular flexibility index (Phi) is 9.60. The molecule has 0 atom stereocenters. The predicted octanol–water partition coefficient (Wildman–Crippen LogP) is 4.07. The summed E-state index contributed by atoms with van der Waals surface area (Å²) < 4.78 is 0. The van der Waals surface area contributed by atoms with E-state index in [2.05, 4.69) is 90.2 Å². The van der Waals surface area contributed by atoms with E-state index in [4.69, 9.17) is 0 Å². The number of nitrogens with one attached hydrogen (secondary N) is 2. The highest BCUT2D eigenvalue weighted by Crippen LogP contribution is 2.26. The second kappa shape index (κ2) is 10.9. The van der Waals surface area contributed by atoms with Crippen molar-refractivity contribution in [3.05, 3.63) is 57.8 Å². The number of nitrogens with zero attached hydrogens (tertiary/aromatic N) is 2. The molecule has 144 valence electrons. The smallest absolute Gasteiger partial charge is 0.191 e. The summed E-state index contributed by atoms with van der Waals surface area (Å²) in [4.78, 5) is 7.89. The summed E-state index contributed by atoms with van der Waals surface area (Å²) in [6.07, 6.45) is 0. The summed E-state index contributed by atoms with van der Waals surface area (Å²) in [6, 6.07) is 13.0. The summed E-state index contributed by atoms with van der Waals surface area (Å²) in [5, 5.41) is 8.97. The zero-order valence-corrected chi connectivity index (χ0v) is 19.5. The van der Waals surface area contributed by atoms with Gasteiger partial charge in [-0.1, -0.05) is 44.2 Å². The van der Waals surface area contributed by atoms with Crippen molar-refractivity contribution >= 4 is 41.3 Å². The Bertz CT molecular complexity index is 664. The first-order valence-corrected chi connectivity index (χ1v) is 9.50. The molecular weight excluding hydrogens is 455 g/mol. The molecule has 4 nitrogen and oxygen atoms in total. The van der Waals surface area contributed by atoms with Crippen LogP contribution in [0.2, 0.25) is 0 Å². The van der Waals surface area contributed by atoms with Gasteiger partial charge in [0.1, 0.15) is 0 Å². The Hall–Kier alpha value is -1.12. The van der Waals surface area contributed by atoms with E-state index in [1.54, 1.807) is 11.3 Å². The summed E-state index contributed by atoms with van der Waals surface area (Å²) >= 11 is 1.80. The molecule has 0 amide bonds. The van der Waals surface area contributed by atoms with Gasteiger partial charge in [-0.05, 0) is 36.7 Å². The number of halogens is 1. The minimum absolute atomic E-state index is 0. The summed E-state index contributed by atoms with van der Waals surface area (Å²) in [5.41, 5.74) is 2.66. The van der Waals surface area contributed by atoms with E-state index in [0.717, 1.165) is 25.6 Å². The third kappa shape index (κ3) is 7.25. The average Bonchev–Trinajstić information content (AvgIpc) is 3.11. The van der Waals surface area contributed by atoms with E-state index in [0.29, 0.717) is 0 Å². The van der Waals surface area contributed by atoms with Crippen molar-refractivity contribution in [3.8, 4) is 0 Å². The van der Waals surface area contributed by atoms with Crippen LogP contribution in [0.15, 0.2) is 46.8 Å². The van der Waals surface area contributed by atoms with Gasteiger partial charge in [0.25, 0.3) is 0 Å². The van der Waals surface area contributed by atoms with Crippen molar-refractivity contribution in [2.75, 3.05) is 27.7 Å². The van der Waals surface area contributed by atoms with Crippen molar-refractivity contribution in [3.63, 3.8) is 0 Å². The van der Waals surface area contributed by atoms with Crippen molar-refractivity contribution in [1.29, 1.82) is 0 Å². The van der Waals surface area contributed by atoms with Crippen LogP contribution in [0.25, 0.3) is 0 Å². The molecule has 0 bridgehead atoms. The highest BCUT2D eigenvalue weighted by atomic mass is 127. The Balaban J connectivity index is 0.00000338. The fourth-order valence-corrected chi connectivity index (χ4v) is 3.44. The van der Waals surface area contributed by atoms with Gasteiger partial charge in [0.2, 0.25) is 0 Å². The average molecular weight is 486 g/mol. The molecule has 26 heavy (non-hydrogen) atoms. The zero-order chi connectivity index (χ0) is 18.3. The van der Waals surface area contributed by atoms with Gasteiger partial charge in [-0.3, -0.25) is 4.99 Å². The molecule has 0 radical (unpaired) electrons. The predicted molar refractivity (Wildman–Crippen MR) is 125 cm³/mol. The van der Waals surface area contributed by atoms with Crippen LogP contribution in [0.1, 0.15) is 29.9 Å². The van der Waals surface area contributed by atoms with E-state index in [1.807, 2.05) is 7.05 Å². The molecular formula is C20H31IN4S. The van der Waals surface area contributed by atoms with E-state index in [-0.39, 0.29) is 29.4 Å². The SMILES string of the molecule is CN=C(NCc1ccc(CN(C)C)cc1)NCC(C)(C)c1cccs1.I. The van der Waals surface area contributed by atoms with Crippen molar-refractivity contribution in [2.24, 2.45) is 4.99 Å². The number of benzene rings is 1. The lowest BCUT2D eigenvalue weighted by atomic mass is 9.91. The van der Waals surface area contributed by atoms with Crippen LogP contribution in [0, 0.1) is 0 Å². The van der Waals surface area contributed by atoms with Crippen molar-refractivity contribution in [2.45, 2.75) is 32.4 Å². The van der Waals surface area contributed by atoms with Crippen LogP contribution in [-0.4, -0.2) is 38.5 Å². The quantitative estimate of drug-likeness (QED) is 0.352.